The van der Waals surface area contributed by atoms with Crippen LogP contribution in [-0.4, -0.2) is 30.1 Å². The predicted octanol–water partition coefficient (Wildman–Crippen LogP) is 3.20. The molecule has 1 heterocycles. The third-order valence-corrected chi connectivity index (χ3v) is 4.43. The average molecular weight is 283 g/mol. The van der Waals surface area contributed by atoms with Crippen LogP contribution in [0.15, 0.2) is 18.2 Å². The quantitative estimate of drug-likeness (QED) is 0.892. The van der Waals surface area contributed by atoms with E-state index in [0.29, 0.717) is 17.1 Å². The van der Waals surface area contributed by atoms with E-state index in [2.05, 4.69) is 10.2 Å². The second-order valence-electron chi connectivity index (χ2n) is 5.69. The minimum absolute atomic E-state index is 0.200. The highest BCUT2D eigenvalue weighted by atomic mass is 35.5. The van der Waals surface area contributed by atoms with Gasteiger partial charge in [0.25, 0.3) is 0 Å². The largest absolute Gasteiger partial charge is 0.313 e. The molecule has 2 nitrogen and oxygen atoms in total. The SMILES string of the molecule is Fc1ccc(Cl)c(CN(CC2CCCN2)C2CC2)c1. The van der Waals surface area contributed by atoms with E-state index in [-0.39, 0.29) is 5.82 Å². The Bertz CT molecular complexity index is 442. The molecule has 2 aliphatic rings. The molecular formula is C15H20ClFN2. The maximum absolute atomic E-state index is 13.3. The van der Waals surface area contributed by atoms with Gasteiger partial charge in [0.2, 0.25) is 0 Å². The maximum atomic E-state index is 13.3. The molecule has 0 aromatic heterocycles. The number of hydrogen-bond donors (Lipinski definition) is 1. The lowest BCUT2D eigenvalue weighted by molar-refractivity contribution is 0.231. The number of hydrogen-bond acceptors (Lipinski definition) is 2. The van der Waals surface area contributed by atoms with E-state index in [1.165, 1.54) is 31.7 Å². The zero-order valence-electron chi connectivity index (χ0n) is 11.0. The Morgan fingerprint density at radius 3 is 2.84 bits per heavy atom. The molecule has 1 saturated carbocycles. The van der Waals surface area contributed by atoms with Crippen LogP contribution in [0.5, 0.6) is 0 Å². The molecule has 0 amide bonds. The number of benzene rings is 1. The molecule has 19 heavy (non-hydrogen) atoms. The first kappa shape index (κ1) is 13.3. The molecule has 104 valence electrons. The summed E-state index contributed by atoms with van der Waals surface area (Å²) in [6.45, 7) is 2.95. The van der Waals surface area contributed by atoms with Gasteiger partial charge in [0.1, 0.15) is 5.82 Å². The standard InChI is InChI=1S/C15H20ClFN2/c16-15-6-3-12(17)8-11(15)9-19(14-4-5-14)10-13-2-1-7-18-13/h3,6,8,13-14,18H,1-2,4-5,7,9-10H2. The van der Waals surface area contributed by atoms with Gasteiger partial charge in [0, 0.05) is 30.2 Å². The summed E-state index contributed by atoms with van der Waals surface area (Å²) in [7, 11) is 0. The summed E-state index contributed by atoms with van der Waals surface area (Å²) in [6.07, 6.45) is 5.04. The summed E-state index contributed by atoms with van der Waals surface area (Å²) < 4.78 is 13.3. The van der Waals surface area contributed by atoms with E-state index >= 15 is 0 Å². The van der Waals surface area contributed by atoms with Gasteiger partial charge in [-0.05, 0) is 56.0 Å². The summed E-state index contributed by atoms with van der Waals surface area (Å²) in [5.74, 6) is -0.200. The van der Waals surface area contributed by atoms with Gasteiger partial charge in [-0.2, -0.15) is 0 Å². The van der Waals surface area contributed by atoms with Gasteiger partial charge >= 0.3 is 0 Å². The number of rotatable bonds is 5. The summed E-state index contributed by atoms with van der Waals surface area (Å²) in [6, 6.07) is 5.91. The van der Waals surface area contributed by atoms with E-state index in [0.717, 1.165) is 25.2 Å². The molecule has 1 aliphatic heterocycles. The molecule has 1 aromatic rings. The molecule has 1 aliphatic carbocycles. The fourth-order valence-electron chi connectivity index (χ4n) is 2.86. The molecule has 3 rings (SSSR count). The van der Waals surface area contributed by atoms with Gasteiger partial charge in [0.05, 0.1) is 0 Å². The Balaban J connectivity index is 1.68. The summed E-state index contributed by atoms with van der Waals surface area (Å²) in [5, 5.41) is 4.21. The van der Waals surface area contributed by atoms with Crippen LogP contribution >= 0.6 is 11.6 Å². The van der Waals surface area contributed by atoms with Gasteiger partial charge in [-0.25, -0.2) is 4.39 Å². The summed E-state index contributed by atoms with van der Waals surface area (Å²) >= 11 is 6.17. The minimum Gasteiger partial charge on any atom is -0.313 e. The molecule has 1 saturated heterocycles. The fraction of sp³-hybridized carbons (Fsp3) is 0.600. The van der Waals surface area contributed by atoms with E-state index in [4.69, 9.17) is 11.6 Å². The van der Waals surface area contributed by atoms with E-state index in [1.54, 1.807) is 12.1 Å². The van der Waals surface area contributed by atoms with E-state index in [1.807, 2.05) is 0 Å². The van der Waals surface area contributed by atoms with Gasteiger partial charge < -0.3 is 5.32 Å². The van der Waals surface area contributed by atoms with Crippen molar-refractivity contribution in [2.75, 3.05) is 13.1 Å². The van der Waals surface area contributed by atoms with Gasteiger partial charge in [-0.3, -0.25) is 4.90 Å². The van der Waals surface area contributed by atoms with E-state index in [9.17, 15) is 4.39 Å². The first-order valence-electron chi connectivity index (χ1n) is 7.14. The van der Waals surface area contributed by atoms with Crippen molar-refractivity contribution in [2.24, 2.45) is 0 Å². The summed E-state index contributed by atoms with van der Waals surface area (Å²) in [4.78, 5) is 2.46. The Hall–Kier alpha value is -0.640. The van der Waals surface area contributed by atoms with Crippen LogP contribution in [0.25, 0.3) is 0 Å². The van der Waals surface area contributed by atoms with Gasteiger partial charge in [-0.15, -0.1) is 0 Å². The minimum atomic E-state index is -0.200. The Morgan fingerprint density at radius 1 is 1.32 bits per heavy atom. The Kier molecular flexibility index (Phi) is 4.06. The van der Waals surface area contributed by atoms with Crippen molar-refractivity contribution >= 4 is 11.6 Å². The highest BCUT2D eigenvalue weighted by Crippen LogP contribution is 2.30. The van der Waals surface area contributed by atoms with Crippen LogP contribution in [-0.2, 0) is 6.54 Å². The van der Waals surface area contributed by atoms with Crippen molar-refractivity contribution in [1.29, 1.82) is 0 Å². The van der Waals surface area contributed by atoms with Crippen molar-refractivity contribution in [3.63, 3.8) is 0 Å². The highest BCUT2D eigenvalue weighted by molar-refractivity contribution is 6.31. The van der Waals surface area contributed by atoms with Crippen LogP contribution < -0.4 is 5.32 Å². The molecular weight excluding hydrogens is 263 g/mol. The Morgan fingerprint density at radius 2 is 2.16 bits per heavy atom. The lowest BCUT2D eigenvalue weighted by Gasteiger charge is -2.26. The third-order valence-electron chi connectivity index (χ3n) is 4.06. The maximum Gasteiger partial charge on any atom is 0.123 e. The second-order valence-corrected chi connectivity index (χ2v) is 6.10. The first-order valence-corrected chi connectivity index (χ1v) is 7.51. The zero-order chi connectivity index (χ0) is 13.2. The van der Waals surface area contributed by atoms with Crippen LogP contribution in [0, 0.1) is 5.82 Å². The molecule has 1 unspecified atom stereocenters. The molecule has 2 fully saturated rings. The van der Waals surface area contributed by atoms with Crippen LogP contribution in [0.2, 0.25) is 5.02 Å². The number of halogens is 2. The predicted molar refractivity (Wildman–Crippen MR) is 75.9 cm³/mol. The van der Waals surface area contributed by atoms with Crippen LogP contribution in [0.3, 0.4) is 0 Å². The number of nitrogens with zero attached hydrogens (tertiary/aromatic N) is 1. The zero-order valence-corrected chi connectivity index (χ0v) is 11.8. The molecule has 1 aromatic carbocycles. The topological polar surface area (TPSA) is 15.3 Å². The molecule has 0 bridgehead atoms. The molecule has 0 spiro atoms. The van der Waals surface area contributed by atoms with Crippen molar-refractivity contribution in [3.05, 3.63) is 34.6 Å². The third kappa shape index (κ3) is 3.47. The number of nitrogens with one attached hydrogen (secondary N) is 1. The van der Waals surface area contributed by atoms with Crippen molar-refractivity contribution in [1.82, 2.24) is 10.2 Å². The van der Waals surface area contributed by atoms with Crippen LogP contribution in [0.1, 0.15) is 31.2 Å². The summed E-state index contributed by atoms with van der Waals surface area (Å²) in [5.41, 5.74) is 0.909. The normalized spacial score (nSPS) is 23.2. The smallest absolute Gasteiger partial charge is 0.123 e. The van der Waals surface area contributed by atoms with Gasteiger partial charge in [-0.1, -0.05) is 11.6 Å². The fourth-order valence-corrected chi connectivity index (χ4v) is 3.04. The molecule has 1 N–H and O–H groups in total. The molecule has 1 atom stereocenters. The lowest BCUT2D eigenvalue weighted by atomic mass is 10.1. The molecule has 0 radical (unpaired) electrons. The monoisotopic (exact) mass is 282 g/mol. The van der Waals surface area contributed by atoms with Crippen molar-refractivity contribution < 1.29 is 4.39 Å². The highest BCUT2D eigenvalue weighted by Gasteiger charge is 2.31. The Labute approximate surface area is 118 Å². The van der Waals surface area contributed by atoms with Crippen LogP contribution in [0.4, 0.5) is 4.39 Å². The first-order chi connectivity index (χ1) is 9.22. The molecule has 4 heteroatoms. The second kappa shape index (κ2) is 5.78. The average Bonchev–Trinajstić information content (AvgIpc) is 3.12. The van der Waals surface area contributed by atoms with Gasteiger partial charge in [0.15, 0.2) is 0 Å². The lowest BCUT2D eigenvalue weighted by Crippen LogP contribution is -2.38. The van der Waals surface area contributed by atoms with Crippen molar-refractivity contribution in [2.45, 2.75) is 44.3 Å². The van der Waals surface area contributed by atoms with E-state index < -0.39 is 0 Å². The van der Waals surface area contributed by atoms with Crippen molar-refractivity contribution in [3.8, 4) is 0 Å².